The number of rotatable bonds is 5. The third-order valence-corrected chi connectivity index (χ3v) is 5.31. The van der Waals surface area contributed by atoms with Crippen LogP contribution in [0.3, 0.4) is 0 Å². The molecule has 0 amide bonds. The summed E-state index contributed by atoms with van der Waals surface area (Å²) in [6.07, 6.45) is 0. The van der Waals surface area contributed by atoms with Crippen LogP contribution in [-0.4, -0.2) is 26.9 Å². The van der Waals surface area contributed by atoms with E-state index in [4.69, 9.17) is 9.15 Å². The van der Waals surface area contributed by atoms with Crippen molar-refractivity contribution in [3.63, 3.8) is 0 Å². The van der Waals surface area contributed by atoms with Gasteiger partial charge < -0.3 is 9.15 Å². The summed E-state index contributed by atoms with van der Waals surface area (Å²) in [6.45, 7) is 1.97. The van der Waals surface area contributed by atoms with Crippen molar-refractivity contribution in [3.8, 4) is 5.75 Å². The Labute approximate surface area is 132 Å². The molecule has 2 aromatic rings. The molecule has 1 aromatic heterocycles. The first-order valence-electron chi connectivity index (χ1n) is 6.20. The topological polar surface area (TPSA) is 59.8 Å². The van der Waals surface area contributed by atoms with Gasteiger partial charge in [-0.3, -0.25) is 0 Å². The lowest BCUT2D eigenvalue weighted by atomic mass is 10.3. The molecule has 0 atom stereocenters. The molecule has 0 aliphatic heterocycles. The zero-order valence-corrected chi connectivity index (χ0v) is 14.4. The summed E-state index contributed by atoms with van der Waals surface area (Å²) >= 11 is 3.28. The Bertz CT molecular complexity index is 739. The molecule has 0 saturated heterocycles. The van der Waals surface area contributed by atoms with Gasteiger partial charge in [0, 0.05) is 11.5 Å². The molecule has 114 valence electrons. The smallest absolute Gasteiger partial charge is 0.246 e. The number of halogens is 1. The highest BCUT2D eigenvalue weighted by Crippen LogP contribution is 2.30. The van der Waals surface area contributed by atoms with E-state index in [1.807, 2.05) is 6.92 Å². The van der Waals surface area contributed by atoms with E-state index in [1.165, 1.54) is 24.5 Å². The minimum absolute atomic E-state index is 0.116. The Hall–Kier alpha value is -1.31. The van der Waals surface area contributed by atoms with Gasteiger partial charge in [-0.25, -0.2) is 8.42 Å². The highest BCUT2D eigenvalue weighted by Gasteiger charge is 2.26. The molecule has 1 heterocycles. The van der Waals surface area contributed by atoms with E-state index < -0.39 is 10.0 Å². The minimum atomic E-state index is -3.67. The number of benzene rings is 1. The van der Waals surface area contributed by atoms with Crippen molar-refractivity contribution in [1.82, 2.24) is 4.31 Å². The van der Waals surface area contributed by atoms with Gasteiger partial charge in [0.1, 0.15) is 22.2 Å². The fourth-order valence-corrected chi connectivity index (χ4v) is 3.72. The molecular weight excluding hydrogens is 358 g/mol. The van der Waals surface area contributed by atoms with Crippen LogP contribution in [0, 0.1) is 6.92 Å². The van der Waals surface area contributed by atoms with Gasteiger partial charge in [-0.2, -0.15) is 4.31 Å². The standard InChI is InChI=1S/C14H16BrNO4S/c1-10-4-6-12(20-10)9-16(2)21(17,18)14-8-11(15)5-7-13(14)19-3/h4-8H,9H2,1-3H3. The molecule has 0 N–H and O–H groups in total. The number of sulfonamides is 1. The Morgan fingerprint density at radius 3 is 2.57 bits per heavy atom. The number of hydrogen-bond acceptors (Lipinski definition) is 4. The molecule has 7 heteroatoms. The second-order valence-corrected chi connectivity index (χ2v) is 7.50. The zero-order chi connectivity index (χ0) is 15.6. The van der Waals surface area contributed by atoms with E-state index >= 15 is 0 Å². The Morgan fingerprint density at radius 1 is 1.29 bits per heavy atom. The van der Waals surface area contributed by atoms with Crippen LogP contribution in [-0.2, 0) is 16.6 Å². The third kappa shape index (κ3) is 3.48. The lowest BCUT2D eigenvalue weighted by Gasteiger charge is -2.18. The van der Waals surface area contributed by atoms with Crippen LogP contribution in [0.4, 0.5) is 0 Å². The van der Waals surface area contributed by atoms with Gasteiger partial charge in [0.25, 0.3) is 0 Å². The summed E-state index contributed by atoms with van der Waals surface area (Å²) in [5.41, 5.74) is 0. The van der Waals surface area contributed by atoms with Gasteiger partial charge >= 0.3 is 0 Å². The van der Waals surface area contributed by atoms with Crippen LogP contribution in [0.15, 0.2) is 44.1 Å². The maximum atomic E-state index is 12.7. The van der Waals surface area contributed by atoms with E-state index in [9.17, 15) is 8.42 Å². The molecule has 0 aliphatic carbocycles. The van der Waals surface area contributed by atoms with Crippen molar-refractivity contribution in [1.29, 1.82) is 0 Å². The van der Waals surface area contributed by atoms with Crippen molar-refractivity contribution in [2.24, 2.45) is 0 Å². The van der Waals surface area contributed by atoms with Gasteiger partial charge in [-0.05, 0) is 37.3 Å². The Morgan fingerprint density at radius 2 is 2.00 bits per heavy atom. The van der Waals surface area contributed by atoms with Crippen LogP contribution < -0.4 is 4.74 Å². The Balaban J connectivity index is 2.35. The fraction of sp³-hybridized carbons (Fsp3) is 0.286. The highest BCUT2D eigenvalue weighted by atomic mass is 79.9. The number of furan rings is 1. The highest BCUT2D eigenvalue weighted by molar-refractivity contribution is 9.10. The van der Waals surface area contributed by atoms with E-state index in [2.05, 4.69) is 15.9 Å². The summed E-state index contributed by atoms with van der Waals surface area (Å²) in [4.78, 5) is 0.116. The molecule has 0 saturated carbocycles. The lowest BCUT2D eigenvalue weighted by Crippen LogP contribution is -2.26. The quantitative estimate of drug-likeness (QED) is 0.807. The van der Waals surface area contributed by atoms with Gasteiger partial charge in [-0.1, -0.05) is 15.9 Å². The van der Waals surface area contributed by atoms with Crippen molar-refractivity contribution in [2.75, 3.05) is 14.2 Å². The maximum absolute atomic E-state index is 12.7. The van der Waals surface area contributed by atoms with Crippen LogP contribution in [0.25, 0.3) is 0 Å². The van der Waals surface area contributed by atoms with E-state index in [0.717, 1.165) is 5.76 Å². The van der Waals surface area contributed by atoms with Gasteiger partial charge in [0.2, 0.25) is 10.0 Å². The monoisotopic (exact) mass is 373 g/mol. The van der Waals surface area contributed by atoms with Crippen molar-refractivity contribution >= 4 is 26.0 Å². The normalized spacial score (nSPS) is 11.9. The molecule has 1 aromatic carbocycles. The molecule has 0 fully saturated rings. The summed E-state index contributed by atoms with van der Waals surface area (Å²) < 4.78 is 37.8. The SMILES string of the molecule is COc1ccc(Br)cc1S(=O)(=O)N(C)Cc1ccc(C)o1. The number of nitrogens with zero attached hydrogens (tertiary/aromatic N) is 1. The second kappa shape index (κ2) is 6.21. The molecule has 21 heavy (non-hydrogen) atoms. The number of ether oxygens (including phenoxy) is 1. The lowest BCUT2D eigenvalue weighted by molar-refractivity contribution is 0.384. The van der Waals surface area contributed by atoms with Crippen molar-refractivity contribution in [3.05, 3.63) is 46.3 Å². The number of aryl methyl sites for hydroxylation is 1. The average Bonchev–Trinajstić information content (AvgIpc) is 2.84. The molecule has 0 unspecified atom stereocenters. The van der Waals surface area contributed by atoms with E-state index in [1.54, 1.807) is 24.3 Å². The number of methoxy groups -OCH3 is 1. The maximum Gasteiger partial charge on any atom is 0.246 e. The van der Waals surface area contributed by atoms with Crippen LogP contribution in [0.5, 0.6) is 5.75 Å². The first-order valence-corrected chi connectivity index (χ1v) is 8.43. The molecule has 2 rings (SSSR count). The second-order valence-electron chi connectivity index (χ2n) is 4.57. The van der Waals surface area contributed by atoms with Gasteiger partial charge in [-0.15, -0.1) is 0 Å². The summed E-state index contributed by atoms with van der Waals surface area (Å²) in [6, 6.07) is 8.43. The van der Waals surface area contributed by atoms with Gasteiger partial charge in [0.15, 0.2) is 0 Å². The van der Waals surface area contributed by atoms with Crippen LogP contribution in [0.1, 0.15) is 11.5 Å². The average molecular weight is 374 g/mol. The molecule has 0 spiro atoms. The number of hydrogen-bond donors (Lipinski definition) is 0. The van der Waals surface area contributed by atoms with Crippen LogP contribution >= 0.6 is 15.9 Å². The summed E-state index contributed by atoms with van der Waals surface area (Å²) in [5.74, 6) is 1.64. The summed E-state index contributed by atoms with van der Waals surface area (Å²) in [5, 5.41) is 0. The zero-order valence-electron chi connectivity index (χ0n) is 12.0. The Kier molecular flexibility index (Phi) is 4.75. The summed E-state index contributed by atoms with van der Waals surface area (Å²) in [7, 11) is -0.725. The fourth-order valence-electron chi connectivity index (χ4n) is 1.89. The van der Waals surface area contributed by atoms with Gasteiger partial charge in [0.05, 0.1) is 13.7 Å². The predicted octanol–water partition coefficient (Wildman–Crippen LogP) is 3.18. The van der Waals surface area contributed by atoms with Crippen molar-refractivity contribution in [2.45, 2.75) is 18.4 Å². The molecule has 0 aliphatic rings. The third-order valence-electron chi connectivity index (χ3n) is 2.99. The largest absolute Gasteiger partial charge is 0.495 e. The first kappa shape index (κ1) is 16.1. The molecule has 5 nitrogen and oxygen atoms in total. The molecular formula is C14H16BrNO4S. The minimum Gasteiger partial charge on any atom is -0.495 e. The van der Waals surface area contributed by atoms with Crippen LogP contribution in [0.2, 0.25) is 0 Å². The molecule has 0 radical (unpaired) electrons. The first-order chi connectivity index (χ1) is 9.84. The predicted molar refractivity (Wildman–Crippen MR) is 82.8 cm³/mol. The molecule has 0 bridgehead atoms. The van der Waals surface area contributed by atoms with E-state index in [-0.39, 0.29) is 11.4 Å². The van der Waals surface area contributed by atoms with Crippen molar-refractivity contribution < 1.29 is 17.6 Å². The van der Waals surface area contributed by atoms with E-state index in [0.29, 0.717) is 16.0 Å².